The Morgan fingerprint density at radius 1 is 1.17 bits per heavy atom. The van der Waals surface area contributed by atoms with Crippen LogP contribution in [0.1, 0.15) is 36.5 Å². The van der Waals surface area contributed by atoms with Crippen LogP contribution in [0.15, 0.2) is 41.3 Å². The second kappa shape index (κ2) is 9.74. The molecule has 35 heavy (non-hydrogen) atoms. The summed E-state index contributed by atoms with van der Waals surface area (Å²) >= 11 is 6.21. The number of nitrogens with one attached hydrogen (secondary N) is 1. The predicted octanol–water partition coefficient (Wildman–Crippen LogP) is 3.57. The third-order valence-corrected chi connectivity index (χ3v) is 9.54. The lowest BCUT2D eigenvalue weighted by Crippen LogP contribution is -2.64. The minimum absolute atomic E-state index is 0.0118. The molecule has 2 aromatic carbocycles. The number of ether oxygens (including phenoxy) is 1. The molecule has 190 valence electrons. The van der Waals surface area contributed by atoms with Crippen LogP contribution in [-0.2, 0) is 14.6 Å². The van der Waals surface area contributed by atoms with E-state index in [1.165, 1.54) is 24.3 Å². The average molecular weight is 530 g/mol. The van der Waals surface area contributed by atoms with Gasteiger partial charge in [-0.1, -0.05) is 11.6 Å². The zero-order valence-electron chi connectivity index (χ0n) is 18.9. The fourth-order valence-corrected chi connectivity index (χ4v) is 7.36. The van der Waals surface area contributed by atoms with Crippen molar-refractivity contribution in [1.29, 1.82) is 0 Å². The number of anilines is 1. The normalized spacial score (nSPS) is 26.6. The van der Waals surface area contributed by atoms with Crippen molar-refractivity contribution in [2.75, 3.05) is 18.5 Å². The minimum Gasteiger partial charge on any atom is -0.391 e. The number of amides is 1. The van der Waals surface area contributed by atoms with Crippen LogP contribution >= 0.6 is 11.6 Å². The molecule has 3 N–H and O–H groups in total. The second-order valence-corrected chi connectivity index (χ2v) is 12.0. The summed E-state index contributed by atoms with van der Waals surface area (Å²) in [5.41, 5.74) is -1.13. The molecule has 2 bridgehead atoms. The Morgan fingerprint density at radius 2 is 1.86 bits per heavy atom. The number of carbonyl (C=O) groups excluding carboxylic acids is 1. The number of halogens is 3. The molecule has 11 heteroatoms. The van der Waals surface area contributed by atoms with Crippen molar-refractivity contribution < 1.29 is 36.9 Å². The highest BCUT2D eigenvalue weighted by molar-refractivity contribution is 7.92. The maximum atomic E-state index is 13.5. The molecule has 7 nitrogen and oxygen atoms in total. The van der Waals surface area contributed by atoms with Crippen molar-refractivity contribution in [3.63, 3.8) is 0 Å². The SMILES string of the molecule is C[C@H](O)COCC1(O)C2CC1CC(S(=O)(=O)c1cc(C(=O)Nc3ccc(F)c(F)c3)ccc1Cl)C2. The van der Waals surface area contributed by atoms with Crippen molar-refractivity contribution >= 4 is 33.0 Å². The molecule has 0 radical (unpaired) electrons. The van der Waals surface area contributed by atoms with Gasteiger partial charge >= 0.3 is 0 Å². The number of hydrogen-bond acceptors (Lipinski definition) is 6. The summed E-state index contributed by atoms with van der Waals surface area (Å²) in [5, 5.41) is 21.9. The van der Waals surface area contributed by atoms with Gasteiger partial charge in [-0.3, -0.25) is 4.79 Å². The van der Waals surface area contributed by atoms with E-state index in [0.717, 1.165) is 12.1 Å². The van der Waals surface area contributed by atoms with Crippen molar-refractivity contribution in [2.45, 2.75) is 48.0 Å². The number of rotatable bonds is 8. The maximum Gasteiger partial charge on any atom is 0.255 e. The van der Waals surface area contributed by atoms with Gasteiger partial charge in [0.25, 0.3) is 5.91 Å². The molecule has 3 fully saturated rings. The monoisotopic (exact) mass is 529 g/mol. The van der Waals surface area contributed by atoms with Crippen molar-refractivity contribution in [2.24, 2.45) is 11.8 Å². The van der Waals surface area contributed by atoms with Crippen molar-refractivity contribution in [3.8, 4) is 0 Å². The average Bonchev–Trinajstić information content (AvgIpc) is 2.81. The number of aliphatic hydroxyl groups is 2. The van der Waals surface area contributed by atoms with E-state index in [1.54, 1.807) is 6.92 Å². The molecule has 5 rings (SSSR count). The predicted molar refractivity (Wildman–Crippen MR) is 125 cm³/mol. The first-order valence-electron chi connectivity index (χ1n) is 11.2. The molecule has 0 saturated heterocycles. The third kappa shape index (κ3) is 5.08. The molecule has 3 atom stereocenters. The van der Waals surface area contributed by atoms with Gasteiger partial charge in [-0.15, -0.1) is 0 Å². The second-order valence-electron chi connectivity index (χ2n) is 9.35. The van der Waals surface area contributed by atoms with Gasteiger partial charge in [-0.2, -0.15) is 0 Å². The zero-order chi connectivity index (χ0) is 25.5. The number of carbonyl (C=O) groups is 1. The molecule has 0 aliphatic heterocycles. The van der Waals surface area contributed by atoms with E-state index in [2.05, 4.69) is 5.32 Å². The summed E-state index contributed by atoms with van der Waals surface area (Å²) in [7, 11) is -3.93. The number of benzene rings is 2. The van der Waals surface area contributed by atoms with Crippen LogP contribution in [-0.4, -0.2) is 54.7 Å². The summed E-state index contributed by atoms with van der Waals surface area (Å²) in [4.78, 5) is 12.4. The topological polar surface area (TPSA) is 113 Å². The lowest BCUT2D eigenvalue weighted by Gasteiger charge is -2.58. The molecule has 2 unspecified atom stereocenters. The number of fused-ring (bicyclic) bond motifs is 2. The molecule has 2 aromatic rings. The van der Waals surface area contributed by atoms with E-state index < -0.39 is 44.3 Å². The Morgan fingerprint density at radius 3 is 2.49 bits per heavy atom. The summed E-state index contributed by atoms with van der Waals surface area (Å²) in [5.74, 6) is -3.44. The molecule has 0 aromatic heterocycles. The van der Waals surface area contributed by atoms with Crippen LogP contribution in [0, 0.1) is 23.5 Å². The van der Waals surface area contributed by atoms with E-state index in [1.807, 2.05) is 0 Å². The summed E-state index contributed by atoms with van der Waals surface area (Å²) in [6, 6.07) is 6.69. The molecule has 3 aliphatic rings. The summed E-state index contributed by atoms with van der Waals surface area (Å²) < 4.78 is 58.9. The number of hydrogen-bond donors (Lipinski definition) is 3. The molecular formula is C24H26ClF2NO6S. The highest BCUT2D eigenvalue weighted by atomic mass is 35.5. The third-order valence-electron chi connectivity index (χ3n) is 6.89. The van der Waals surface area contributed by atoms with Gasteiger partial charge in [0.1, 0.15) is 0 Å². The Balaban J connectivity index is 1.49. The van der Waals surface area contributed by atoms with Crippen LogP contribution in [0.25, 0.3) is 0 Å². The Hall–Kier alpha value is -2.11. The van der Waals surface area contributed by atoms with Crippen LogP contribution < -0.4 is 5.32 Å². The number of aliphatic hydroxyl groups excluding tert-OH is 1. The highest BCUT2D eigenvalue weighted by Gasteiger charge is 2.60. The summed E-state index contributed by atoms with van der Waals surface area (Å²) in [6.07, 6.45) is 0.454. The van der Waals surface area contributed by atoms with Crippen LogP contribution in [0.2, 0.25) is 5.02 Å². The molecule has 0 spiro atoms. The lowest BCUT2D eigenvalue weighted by atomic mass is 9.54. The zero-order valence-corrected chi connectivity index (χ0v) is 20.5. The van der Waals surface area contributed by atoms with Gasteiger partial charge < -0.3 is 20.3 Å². The molecule has 0 heterocycles. The van der Waals surface area contributed by atoms with Crippen LogP contribution in [0.5, 0.6) is 0 Å². The van der Waals surface area contributed by atoms with Crippen LogP contribution in [0.3, 0.4) is 0 Å². The highest BCUT2D eigenvalue weighted by Crippen LogP contribution is 2.55. The minimum atomic E-state index is -3.93. The first-order valence-corrected chi connectivity index (χ1v) is 13.1. The lowest BCUT2D eigenvalue weighted by molar-refractivity contribution is -0.209. The van der Waals surface area contributed by atoms with E-state index in [-0.39, 0.29) is 59.1 Å². The summed E-state index contributed by atoms with van der Waals surface area (Å²) in [6.45, 7) is 1.68. The largest absolute Gasteiger partial charge is 0.391 e. The Labute approximate surface area is 207 Å². The van der Waals surface area contributed by atoms with Crippen LogP contribution in [0.4, 0.5) is 14.5 Å². The van der Waals surface area contributed by atoms with Gasteiger partial charge in [0, 0.05) is 17.3 Å². The van der Waals surface area contributed by atoms with Gasteiger partial charge in [0.15, 0.2) is 21.5 Å². The first kappa shape index (κ1) is 26.0. The van der Waals surface area contributed by atoms with E-state index in [9.17, 15) is 32.2 Å². The van der Waals surface area contributed by atoms with E-state index >= 15 is 0 Å². The van der Waals surface area contributed by atoms with E-state index in [4.69, 9.17) is 16.3 Å². The Bertz CT molecular complexity index is 1230. The quantitative estimate of drug-likeness (QED) is 0.482. The molecular weight excluding hydrogens is 504 g/mol. The Kier molecular flexibility index (Phi) is 7.23. The van der Waals surface area contributed by atoms with Crippen molar-refractivity contribution in [1.82, 2.24) is 0 Å². The van der Waals surface area contributed by atoms with Crippen molar-refractivity contribution in [3.05, 3.63) is 58.6 Å². The van der Waals surface area contributed by atoms with Gasteiger partial charge in [0.2, 0.25) is 0 Å². The fourth-order valence-electron chi connectivity index (χ4n) is 4.96. The van der Waals surface area contributed by atoms with Gasteiger partial charge in [0.05, 0.1) is 40.1 Å². The first-order chi connectivity index (χ1) is 16.4. The maximum absolute atomic E-state index is 13.5. The molecule has 3 aliphatic carbocycles. The fraction of sp³-hybridized carbons (Fsp3) is 0.458. The number of sulfone groups is 1. The van der Waals surface area contributed by atoms with E-state index in [0.29, 0.717) is 6.42 Å². The molecule has 3 saturated carbocycles. The smallest absolute Gasteiger partial charge is 0.255 e. The van der Waals surface area contributed by atoms with Gasteiger partial charge in [-0.25, -0.2) is 17.2 Å². The molecule has 1 amide bonds. The van der Waals surface area contributed by atoms with Gasteiger partial charge in [-0.05, 0) is 68.4 Å². The standard InChI is InChI=1S/C24H26ClF2NO6S/c1-13(29)11-34-12-24(31)15-7-16(24)9-18(8-15)35(32,33)22-6-14(2-4-19(22)25)23(30)28-17-3-5-20(26)21(27)10-17/h2-6,10,13,15-16,18,29,31H,7-9,11-12H2,1H3,(H,28,30)/t13-,15?,16?,18?,24?/m0/s1.